The van der Waals surface area contributed by atoms with E-state index < -0.39 is 65.8 Å². The molecule has 1 aliphatic carbocycles. The highest BCUT2D eigenvalue weighted by Crippen LogP contribution is 2.55. The Balaban J connectivity index is 1.50. The molecule has 4 aliphatic rings. The van der Waals surface area contributed by atoms with Crippen LogP contribution in [-0.2, 0) is 40.0 Å². The van der Waals surface area contributed by atoms with Gasteiger partial charge in [0.2, 0.25) is 11.8 Å². The van der Waals surface area contributed by atoms with E-state index in [9.17, 15) is 19.5 Å². The number of nitrogens with zero attached hydrogens (tertiary/aromatic N) is 1. The number of hydroxylamine groups is 2. The van der Waals surface area contributed by atoms with Crippen LogP contribution in [0.2, 0.25) is 0 Å². The highest BCUT2D eigenvalue weighted by atomic mass is 127. The molecule has 13 heteroatoms. The van der Waals surface area contributed by atoms with Crippen molar-refractivity contribution in [2.24, 2.45) is 5.41 Å². The number of aliphatic hydroxyl groups is 2. The first-order chi connectivity index (χ1) is 17.3. The van der Waals surface area contributed by atoms with E-state index in [-0.39, 0.29) is 32.9 Å². The molecule has 12 nitrogen and oxygen atoms in total. The summed E-state index contributed by atoms with van der Waals surface area (Å²) in [5, 5.41) is 25.9. The number of carbonyl (C=O) groups is 3. The van der Waals surface area contributed by atoms with Gasteiger partial charge in [-0.3, -0.25) is 19.2 Å². The number of carbonyl (C=O) groups excluding carboxylic acids is 3. The second-order valence-electron chi connectivity index (χ2n) is 9.44. The lowest BCUT2D eigenvalue weighted by Crippen LogP contribution is -2.71. The van der Waals surface area contributed by atoms with E-state index in [1.54, 1.807) is 0 Å². The molecule has 1 aromatic rings. The smallest absolute Gasteiger partial charge is 0.327 e. The summed E-state index contributed by atoms with van der Waals surface area (Å²) in [6, 6.07) is 5.26. The van der Waals surface area contributed by atoms with Crippen LogP contribution in [0.4, 0.5) is 0 Å². The van der Waals surface area contributed by atoms with Gasteiger partial charge in [0.15, 0.2) is 6.04 Å². The first-order valence-corrected chi connectivity index (χ1v) is 12.8. The molecule has 8 atom stereocenters. The van der Waals surface area contributed by atoms with Gasteiger partial charge in [0, 0.05) is 16.5 Å². The summed E-state index contributed by atoms with van der Waals surface area (Å²) in [7, 11) is 0. The summed E-state index contributed by atoms with van der Waals surface area (Å²) < 4.78 is 18.2. The highest BCUT2D eigenvalue weighted by Gasteiger charge is 2.74. The van der Waals surface area contributed by atoms with Gasteiger partial charge in [-0.05, 0) is 47.2 Å². The van der Waals surface area contributed by atoms with Crippen LogP contribution >= 0.6 is 22.6 Å². The summed E-state index contributed by atoms with van der Waals surface area (Å²) in [6.07, 6.45) is -3.98. The fourth-order valence-electron chi connectivity index (χ4n) is 5.62. The standard InChI is InChI=1S/C23H28IN3O9/c1-11(29)15(20(30)25-5-6-28)26-22(32)23-8-14-16-17(34-10-33-16)19(23)36-27(18(23)21(31)35-14)9-12-3-2-4-13(24)7-12/h2-4,7,11,14-19,28-29H,5-6,8-10H2,1H3,(H,25,30)(H,26,32). The number of ether oxygens (including phenoxy) is 3. The molecule has 0 spiro atoms. The molecule has 0 aromatic heterocycles. The van der Waals surface area contributed by atoms with E-state index in [0.717, 1.165) is 9.13 Å². The number of amides is 2. The maximum atomic E-state index is 14.0. The van der Waals surface area contributed by atoms with Crippen molar-refractivity contribution in [3.8, 4) is 0 Å². The number of fused-ring (bicyclic) bond motifs is 4. The van der Waals surface area contributed by atoms with Gasteiger partial charge in [0.25, 0.3) is 0 Å². The zero-order chi connectivity index (χ0) is 25.6. The molecule has 196 valence electrons. The summed E-state index contributed by atoms with van der Waals surface area (Å²) in [5.74, 6) is -1.90. The number of rotatable bonds is 8. The first kappa shape index (κ1) is 25.8. The monoisotopic (exact) mass is 617 g/mol. The molecule has 2 bridgehead atoms. The van der Waals surface area contributed by atoms with Gasteiger partial charge < -0.3 is 35.1 Å². The fraction of sp³-hybridized carbons (Fsp3) is 0.609. The Labute approximate surface area is 220 Å². The average molecular weight is 617 g/mol. The van der Waals surface area contributed by atoms with Crippen molar-refractivity contribution in [2.75, 3.05) is 19.9 Å². The van der Waals surface area contributed by atoms with Crippen molar-refractivity contribution < 1.29 is 43.6 Å². The molecule has 1 aromatic carbocycles. The normalized spacial score (nSPS) is 34.4. The van der Waals surface area contributed by atoms with Crippen molar-refractivity contribution in [1.82, 2.24) is 15.7 Å². The number of nitrogens with one attached hydrogen (secondary N) is 2. The predicted molar refractivity (Wildman–Crippen MR) is 129 cm³/mol. The quantitative estimate of drug-likeness (QED) is 0.207. The van der Waals surface area contributed by atoms with Gasteiger partial charge in [0.1, 0.15) is 42.7 Å². The van der Waals surface area contributed by atoms with Crippen LogP contribution in [0.25, 0.3) is 0 Å². The number of aliphatic hydroxyl groups excluding tert-OH is 2. The van der Waals surface area contributed by atoms with Crippen molar-refractivity contribution in [3.05, 3.63) is 33.4 Å². The molecule has 0 radical (unpaired) electrons. The predicted octanol–water partition coefficient (Wildman–Crippen LogP) is -1.19. The second-order valence-corrected chi connectivity index (χ2v) is 10.7. The van der Waals surface area contributed by atoms with Crippen LogP contribution in [0.5, 0.6) is 0 Å². The molecule has 3 saturated heterocycles. The van der Waals surface area contributed by atoms with E-state index in [0.29, 0.717) is 0 Å². The maximum Gasteiger partial charge on any atom is 0.327 e. The second kappa shape index (κ2) is 10.1. The summed E-state index contributed by atoms with van der Waals surface area (Å²) in [5.41, 5.74) is -0.572. The molecule has 5 rings (SSSR count). The number of benzene rings is 1. The average Bonchev–Trinajstić information content (AvgIpc) is 3.45. The topological polar surface area (TPSA) is 156 Å². The first-order valence-electron chi connectivity index (χ1n) is 11.8. The number of hydrogen-bond donors (Lipinski definition) is 4. The maximum absolute atomic E-state index is 14.0. The van der Waals surface area contributed by atoms with Gasteiger partial charge in [0.05, 0.1) is 19.3 Å². The van der Waals surface area contributed by atoms with E-state index in [4.69, 9.17) is 24.2 Å². The third-order valence-corrected chi connectivity index (χ3v) is 7.86. The fourth-order valence-corrected chi connectivity index (χ4v) is 6.23. The van der Waals surface area contributed by atoms with Crippen molar-refractivity contribution >= 4 is 40.4 Å². The van der Waals surface area contributed by atoms with Crippen molar-refractivity contribution in [1.29, 1.82) is 0 Å². The van der Waals surface area contributed by atoms with Gasteiger partial charge in [-0.2, -0.15) is 5.06 Å². The SMILES string of the molecule is CC(O)C(NC(=O)C12CC3OC(=O)C1N(Cc1cccc(I)c1)OC2C1OCOC31)C(=O)NCCO. The Kier molecular flexibility index (Phi) is 7.24. The van der Waals surface area contributed by atoms with E-state index in [2.05, 4.69) is 33.2 Å². The van der Waals surface area contributed by atoms with Crippen LogP contribution in [0, 0.1) is 8.99 Å². The zero-order valence-corrected chi connectivity index (χ0v) is 21.6. The largest absolute Gasteiger partial charge is 0.458 e. The van der Waals surface area contributed by atoms with Crippen molar-refractivity contribution in [2.45, 2.75) is 62.5 Å². The van der Waals surface area contributed by atoms with Crippen molar-refractivity contribution in [3.63, 3.8) is 0 Å². The molecular formula is C23H28IN3O9. The molecule has 3 heterocycles. The molecular weight excluding hydrogens is 589 g/mol. The molecule has 1 saturated carbocycles. The van der Waals surface area contributed by atoms with Crippen LogP contribution in [-0.4, -0.2) is 95.6 Å². The molecule has 3 aliphatic heterocycles. The van der Waals surface area contributed by atoms with E-state index in [1.807, 2.05) is 24.3 Å². The molecule has 4 N–H and O–H groups in total. The Morgan fingerprint density at radius 1 is 1.31 bits per heavy atom. The van der Waals surface area contributed by atoms with E-state index in [1.165, 1.54) is 12.0 Å². The van der Waals surface area contributed by atoms with Gasteiger partial charge >= 0.3 is 5.97 Å². The molecule has 2 amide bonds. The Morgan fingerprint density at radius 2 is 2.08 bits per heavy atom. The third kappa shape index (κ3) is 4.29. The molecule has 8 unspecified atom stereocenters. The Bertz CT molecular complexity index is 1040. The zero-order valence-electron chi connectivity index (χ0n) is 19.5. The summed E-state index contributed by atoms with van der Waals surface area (Å²) >= 11 is 2.19. The Morgan fingerprint density at radius 3 is 2.81 bits per heavy atom. The minimum atomic E-state index is -1.44. The van der Waals surface area contributed by atoms with E-state index >= 15 is 0 Å². The van der Waals surface area contributed by atoms with Gasteiger partial charge in [-0.15, -0.1) is 0 Å². The summed E-state index contributed by atoms with van der Waals surface area (Å²) in [4.78, 5) is 46.3. The Hall–Kier alpha value is -1.88. The minimum absolute atomic E-state index is 0.0254. The summed E-state index contributed by atoms with van der Waals surface area (Å²) in [6.45, 7) is 1.22. The third-order valence-electron chi connectivity index (χ3n) is 7.18. The van der Waals surface area contributed by atoms with Crippen LogP contribution in [0.3, 0.4) is 0 Å². The van der Waals surface area contributed by atoms with Gasteiger partial charge in [-0.1, -0.05) is 12.1 Å². The molecule has 36 heavy (non-hydrogen) atoms. The van der Waals surface area contributed by atoms with Crippen LogP contribution < -0.4 is 10.6 Å². The number of halogens is 1. The highest BCUT2D eigenvalue weighted by molar-refractivity contribution is 14.1. The van der Waals surface area contributed by atoms with Crippen LogP contribution in [0.15, 0.2) is 24.3 Å². The number of hydrogen-bond acceptors (Lipinski definition) is 10. The minimum Gasteiger partial charge on any atom is -0.458 e. The lowest BCUT2D eigenvalue weighted by molar-refractivity contribution is -0.201. The lowest BCUT2D eigenvalue weighted by atomic mass is 9.62. The van der Waals surface area contributed by atoms with Crippen LogP contribution in [0.1, 0.15) is 18.9 Å². The van der Waals surface area contributed by atoms with Gasteiger partial charge in [-0.25, -0.2) is 0 Å². The molecule has 4 fully saturated rings. The lowest BCUT2D eigenvalue weighted by Gasteiger charge is -2.49. The number of esters is 1.